The third-order valence-electron chi connectivity index (χ3n) is 5.66. The number of nitrogens with one attached hydrogen (secondary N) is 1. The Morgan fingerprint density at radius 1 is 1.10 bits per heavy atom. The van der Waals surface area contributed by atoms with Crippen LogP contribution in [0.25, 0.3) is 21.3 Å². The predicted octanol–water partition coefficient (Wildman–Crippen LogP) is 5.52. The monoisotopic (exact) mass is 448 g/mol. The number of carboxylic acid groups (broad SMARTS) is 1. The van der Waals surface area contributed by atoms with Gasteiger partial charge in [0.15, 0.2) is 5.16 Å². The zero-order chi connectivity index (χ0) is 21.4. The van der Waals surface area contributed by atoms with Gasteiger partial charge in [0.1, 0.15) is 4.83 Å². The molecule has 0 radical (unpaired) electrons. The summed E-state index contributed by atoms with van der Waals surface area (Å²) in [6.45, 7) is 0. The zero-order valence-electron chi connectivity index (χ0n) is 16.7. The summed E-state index contributed by atoms with van der Waals surface area (Å²) < 4.78 is 0. The van der Waals surface area contributed by atoms with E-state index in [-0.39, 0.29) is 11.1 Å². The number of aromatic nitrogens is 2. The van der Waals surface area contributed by atoms with Crippen molar-refractivity contribution in [2.45, 2.75) is 36.6 Å². The largest absolute Gasteiger partial charge is 0.478 e. The van der Waals surface area contributed by atoms with Crippen molar-refractivity contribution in [2.75, 3.05) is 0 Å². The van der Waals surface area contributed by atoms with E-state index in [1.54, 1.807) is 24.3 Å². The first kappa shape index (κ1) is 20.0. The maximum Gasteiger partial charge on any atom is 0.335 e. The van der Waals surface area contributed by atoms with E-state index in [0.717, 1.165) is 34.4 Å². The quantitative estimate of drug-likeness (QED) is 0.310. The number of thiophene rings is 1. The molecule has 1 aliphatic carbocycles. The Kier molecular flexibility index (Phi) is 5.38. The fraction of sp³-hybridized carbons (Fsp3) is 0.208. The Labute approximate surface area is 187 Å². The number of benzene rings is 2. The molecule has 0 saturated heterocycles. The first-order valence-electron chi connectivity index (χ1n) is 10.2. The molecule has 0 bridgehead atoms. The van der Waals surface area contributed by atoms with E-state index in [1.165, 1.54) is 47.1 Å². The van der Waals surface area contributed by atoms with Gasteiger partial charge in [0, 0.05) is 16.7 Å². The average Bonchev–Trinajstić information content (AvgIpc) is 3.22. The lowest BCUT2D eigenvalue weighted by Gasteiger charge is -2.16. The molecule has 5 nitrogen and oxygen atoms in total. The van der Waals surface area contributed by atoms with Gasteiger partial charge >= 0.3 is 5.97 Å². The molecule has 0 fully saturated rings. The van der Waals surface area contributed by atoms with Crippen molar-refractivity contribution in [3.05, 3.63) is 80.5 Å². The summed E-state index contributed by atoms with van der Waals surface area (Å²) in [6.07, 6.45) is 4.72. The molecule has 2 aromatic heterocycles. The molecule has 0 amide bonds. The van der Waals surface area contributed by atoms with E-state index in [0.29, 0.717) is 16.3 Å². The van der Waals surface area contributed by atoms with E-state index >= 15 is 0 Å². The lowest BCUT2D eigenvalue weighted by molar-refractivity contribution is 0.0697. The Hall–Kier alpha value is -2.90. The maximum absolute atomic E-state index is 12.9. The topological polar surface area (TPSA) is 83.0 Å². The molecular formula is C24H20N2O3S2. The number of carbonyl (C=O) groups is 1. The van der Waals surface area contributed by atoms with Gasteiger partial charge in [-0.3, -0.25) is 4.79 Å². The van der Waals surface area contributed by atoms with Crippen LogP contribution in [0.1, 0.15) is 39.9 Å². The molecule has 31 heavy (non-hydrogen) atoms. The Bertz CT molecular complexity index is 1340. The summed E-state index contributed by atoms with van der Waals surface area (Å²) in [7, 11) is 0. The summed E-state index contributed by atoms with van der Waals surface area (Å²) in [4.78, 5) is 32.2. The molecule has 0 saturated carbocycles. The second-order valence-corrected chi connectivity index (χ2v) is 9.50. The molecule has 4 aromatic rings. The number of nitrogens with zero attached hydrogens (tertiary/aromatic N) is 1. The number of fused-ring (bicyclic) bond motifs is 2. The van der Waals surface area contributed by atoms with Crippen LogP contribution in [0, 0.1) is 0 Å². The van der Waals surface area contributed by atoms with Gasteiger partial charge in [-0.15, -0.1) is 11.3 Å². The van der Waals surface area contributed by atoms with Crippen molar-refractivity contribution in [1.29, 1.82) is 0 Å². The molecule has 5 rings (SSSR count). The van der Waals surface area contributed by atoms with Gasteiger partial charge in [-0.05, 0) is 60.1 Å². The highest BCUT2D eigenvalue weighted by molar-refractivity contribution is 7.98. The van der Waals surface area contributed by atoms with E-state index in [1.807, 2.05) is 5.38 Å². The van der Waals surface area contributed by atoms with Gasteiger partial charge in [-0.1, -0.05) is 42.1 Å². The van der Waals surface area contributed by atoms with Crippen LogP contribution in [0.4, 0.5) is 0 Å². The minimum atomic E-state index is -0.942. The molecule has 0 unspecified atom stereocenters. The standard InChI is InChI=1S/C24H20N2O3S2/c27-21-20-19(18-10-9-15-3-1-2-4-17(15)11-18)13-30-22(20)26-24(25-21)31-12-14-5-7-16(8-6-14)23(28)29/h5-11,13H,1-4,12H2,(H,28,29)(H,25,26,27). The molecule has 0 atom stereocenters. The number of rotatable bonds is 5. The fourth-order valence-corrected chi connectivity index (χ4v) is 5.83. The maximum atomic E-state index is 12.9. The van der Waals surface area contributed by atoms with Crippen molar-refractivity contribution in [3.63, 3.8) is 0 Å². The second kappa shape index (κ2) is 8.32. The van der Waals surface area contributed by atoms with Gasteiger partial charge in [0.05, 0.1) is 10.9 Å². The Morgan fingerprint density at radius 2 is 1.87 bits per heavy atom. The zero-order valence-corrected chi connectivity index (χ0v) is 18.3. The minimum Gasteiger partial charge on any atom is -0.478 e. The summed E-state index contributed by atoms with van der Waals surface area (Å²) in [5.41, 5.74) is 5.96. The number of aromatic amines is 1. The highest BCUT2D eigenvalue weighted by atomic mass is 32.2. The van der Waals surface area contributed by atoms with Crippen LogP contribution < -0.4 is 5.56 Å². The van der Waals surface area contributed by atoms with Crippen LogP contribution >= 0.6 is 23.1 Å². The van der Waals surface area contributed by atoms with E-state index in [9.17, 15) is 9.59 Å². The minimum absolute atomic E-state index is 0.123. The van der Waals surface area contributed by atoms with Crippen molar-refractivity contribution in [3.8, 4) is 11.1 Å². The lowest BCUT2D eigenvalue weighted by atomic mass is 9.89. The molecule has 156 valence electrons. The highest BCUT2D eigenvalue weighted by Gasteiger charge is 2.16. The second-order valence-electron chi connectivity index (χ2n) is 7.68. The SMILES string of the molecule is O=C(O)c1ccc(CSc2nc3scc(-c4ccc5c(c4)CCCC5)c3c(=O)[nH]2)cc1. The number of carboxylic acids is 1. The molecule has 0 aliphatic heterocycles. The van der Waals surface area contributed by atoms with Crippen molar-refractivity contribution < 1.29 is 9.90 Å². The number of hydrogen-bond donors (Lipinski definition) is 2. The van der Waals surface area contributed by atoms with Crippen LogP contribution in [0.5, 0.6) is 0 Å². The smallest absolute Gasteiger partial charge is 0.335 e. The molecule has 2 aromatic carbocycles. The molecule has 0 spiro atoms. The van der Waals surface area contributed by atoms with Gasteiger partial charge < -0.3 is 10.1 Å². The third kappa shape index (κ3) is 4.03. The van der Waals surface area contributed by atoms with Crippen LogP contribution in [0.15, 0.2) is 57.8 Å². The summed E-state index contributed by atoms with van der Waals surface area (Å²) in [5.74, 6) is -0.347. The van der Waals surface area contributed by atoms with Crippen molar-refractivity contribution in [1.82, 2.24) is 9.97 Å². The molecule has 2 N–H and O–H groups in total. The molecule has 1 aliphatic rings. The van der Waals surface area contributed by atoms with Crippen LogP contribution in [0.3, 0.4) is 0 Å². The average molecular weight is 449 g/mol. The van der Waals surface area contributed by atoms with E-state index in [4.69, 9.17) is 5.11 Å². The number of thioether (sulfide) groups is 1. The number of aryl methyl sites for hydroxylation is 2. The Balaban J connectivity index is 1.41. The van der Waals surface area contributed by atoms with E-state index < -0.39 is 5.97 Å². The fourth-order valence-electron chi connectivity index (χ4n) is 4.01. The summed E-state index contributed by atoms with van der Waals surface area (Å²) >= 11 is 2.92. The van der Waals surface area contributed by atoms with Crippen molar-refractivity contribution in [2.24, 2.45) is 0 Å². The highest BCUT2D eigenvalue weighted by Crippen LogP contribution is 2.34. The van der Waals surface area contributed by atoms with Gasteiger partial charge in [0.25, 0.3) is 5.56 Å². The van der Waals surface area contributed by atoms with Crippen LogP contribution in [-0.4, -0.2) is 21.0 Å². The number of aromatic carboxylic acids is 1. The predicted molar refractivity (Wildman–Crippen MR) is 125 cm³/mol. The molecule has 7 heteroatoms. The molecular weight excluding hydrogens is 428 g/mol. The normalized spacial score (nSPS) is 13.3. The third-order valence-corrected chi connectivity index (χ3v) is 7.47. The first-order valence-corrected chi connectivity index (χ1v) is 12.0. The molecule has 2 heterocycles. The van der Waals surface area contributed by atoms with Crippen LogP contribution in [-0.2, 0) is 18.6 Å². The number of H-pyrrole nitrogens is 1. The van der Waals surface area contributed by atoms with Gasteiger partial charge in [-0.2, -0.15) is 0 Å². The summed E-state index contributed by atoms with van der Waals surface area (Å²) in [5, 5.41) is 12.2. The summed E-state index contributed by atoms with van der Waals surface area (Å²) in [6, 6.07) is 13.3. The van der Waals surface area contributed by atoms with E-state index in [2.05, 4.69) is 28.2 Å². The van der Waals surface area contributed by atoms with Gasteiger partial charge in [0.2, 0.25) is 0 Å². The van der Waals surface area contributed by atoms with Crippen LogP contribution in [0.2, 0.25) is 0 Å². The van der Waals surface area contributed by atoms with Crippen molar-refractivity contribution >= 4 is 39.3 Å². The van der Waals surface area contributed by atoms with Gasteiger partial charge in [-0.25, -0.2) is 9.78 Å². The number of hydrogen-bond acceptors (Lipinski definition) is 5. The Morgan fingerprint density at radius 3 is 2.65 bits per heavy atom. The lowest BCUT2D eigenvalue weighted by Crippen LogP contribution is -2.09. The first-order chi connectivity index (χ1) is 15.1.